The fraction of sp³-hybridized carbons (Fsp3) is 0.417. The number of carboxylic acid groups (broad SMARTS) is 1. The molecule has 2 rings (SSSR count). The van der Waals surface area contributed by atoms with Gasteiger partial charge in [-0.25, -0.2) is 14.6 Å². The molecule has 1 amide bonds. The minimum Gasteiger partial charge on any atom is -0.465 e. The third-order valence-corrected chi connectivity index (χ3v) is 2.94. The minimum atomic E-state index is -1.16. The van der Waals surface area contributed by atoms with Gasteiger partial charge in [0.05, 0.1) is 0 Å². The van der Waals surface area contributed by atoms with Gasteiger partial charge in [0.2, 0.25) is 0 Å². The second-order valence-electron chi connectivity index (χ2n) is 4.48. The number of carbonyl (C=O) groups excluding carboxylic acids is 1. The molecule has 1 fully saturated rings. The van der Waals surface area contributed by atoms with E-state index in [9.17, 15) is 9.59 Å². The highest BCUT2D eigenvalue weighted by Crippen LogP contribution is 2.17. The third-order valence-electron chi connectivity index (χ3n) is 2.94. The molecule has 102 valence electrons. The molecule has 0 saturated carbocycles. The Kier molecular flexibility index (Phi) is 3.55. The summed E-state index contributed by atoms with van der Waals surface area (Å²) in [6.45, 7) is -0.206. The van der Waals surface area contributed by atoms with Crippen LogP contribution in [0, 0.1) is 0 Å². The maximum Gasteiger partial charge on any atom is 0.410 e. The first-order chi connectivity index (χ1) is 8.99. The molecule has 1 aliphatic rings. The minimum absolute atomic E-state index is 0.206. The molecule has 1 N–H and O–H groups in total. The van der Waals surface area contributed by atoms with Crippen LogP contribution in [0.25, 0.3) is 0 Å². The molecule has 0 bridgehead atoms. The van der Waals surface area contributed by atoms with Gasteiger partial charge in [-0.15, -0.1) is 0 Å². The highest BCUT2D eigenvalue weighted by Gasteiger charge is 2.37. The zero-order valence-corrected chi connectivity index (χ0v) is 10.7. The zero-order valence-electron chi connectivity index (χ0n) is 10.7. The number of hydrogen-bond acceptors (Lipinski definition) is 5. The summed E-state index contributed by atoms with van der Waals surface area (Å²) in [4.78, 5) is 29.5. The van der Waals surface area contributed by atoms with Crippen LogP contribution in [0.4, 0.5) is 10.6 Å². The average Bonchev–Trinajstić information content (AvgIpc) is 2.72. The summed E-state index contributed by atoms with van der Waals surface area (Å²) in [5.41, 5.74) is 0.792. The molecule has 1 atom stereocenters. The van der Waals surface area contributed by atoms with Crippen molar-refractivity contribution in [2.45, 2.75) is 12.5 Å². The molecule has 0 aliphatic carbocycles. The smallest absolute Gasteiger partial charge is 0.410 e. The molecule has 0 unspecified atom stereocenters. The van der Waals surface area contributed by atoms with Gasteiger partial charge in [-0.1, -0.05) is 6.07 Å². The maximum absolute atomic E-state index is 11.5. The van der Waals surface area contributed by atoms with Crippen molar-refractivity contribution in [1.82, 2.24) is 9.88 Å². The number of rotatable bonds is 3. The molecular weight excluding hydrogens is 250 g/mol. The Labute approximate surface area is 110 Å². The number of hydrogen-bond donors (Lipinski definition) is 1. The lowest BCUT2D eigenvalue weighted by atomic mass is 10.1. The fourth-order valence-electron chi connectivity index (χ4n) is 1.85. The first-order valence-electron chi connectivity index (χ1n) is 5.77. The molecule has 0 radical (unpaired) electrons. The number of ether oxygens (including phenoxy) is 1. The maximum atomic E-state index is 11.5. The van der Waals surface area contributed by atoms with Crippen LogP contribution in [0.5, 0.6) is 0 Å². The van der Waals surface area contributed by atoms with E-state index in [2.05, 4.69) is 4.98 Å². The van der Waals surface area contributed by atoms with Gasteiger partial charge >= 0.3 is 12.1 Å². The van der Waals surface area contributed by atoms with E-state index in [-0.39, 0.29) is 13.2 Å². The average molecular weight is 265 g/mol. The number of anilines is 1. The van der Waals surface area contributed by atoms with E-state index in [1.54, 1.807) is 6.20 Å². The van der Waals surface area contributed by atoms with Crippen LogP contribution in [0.15, 0.2) is 18.3 Å². The summed E-state index contributed by atoms with van der Waals surface area (Å²) in [6, 6.07) is 2.86. The number of aromatic nitrogens is 1. The topological polar surface area (TPSA) is 83.0 Å². The lowest BCUT2D eigenvalue weighted by Gasteiger charge is -2.17. The van der Waals surface area contributed by atoms with Crippen molar-refractivity contribution in [3.8, 4) is 0 Å². The van der Waals surface area contributed by atoms with Gasteiger partial charge in [0.25, 0.3) is 0 Å². The van der Waals surface area contributed by atoms with Crippen LogP contribution < -0.4 is 4.90 Å². The van der Waals surface area contributed by atoms with E-state index in [4.69, 9.17) is 9.84 Å². The molecule has 1 aromatic rings. The fourth-order valence-corrected chi connectivity index (χ4v) is 1.85. The standard InChI is InChI=1S/C12H15N3O4/c1-14(2)10-4-3-8(6-13-10)5-9-11(16)19-7-15(9)12(17)18/h3-4,6,9H,5,7H2,1-2H3,(H,17,18)/t9-/m0/s1. The van der Waals surface area contributed by atoms with E-state index < -0.39 is 18.1 Å². The summed E-state index contributed by atoms with van der Waals surface area (Å²) >= 11 is 0. The Bertz CT molecular complexity index is 486. The molecule has 2 heterocycles. The first kappa shape index (κ1) is 13.1. The SMILES string of the molecule is CN(C)c1ccc(C[C@H]2C(=O)OCN2C(=O)O)cn1. The van der Waals surface area contributed by atoms with Crippen molar-refractivity contribution < 1.29 is 19.4 Å². The number of amides is 1. The molecule has 1 saturated heterocycles. The van der Waals surface area contributed by atoms with Gasteiger partial charge in [-0.05, 0) is 11.6 Å². The monoisotopic (exact) mass is 265 g/mol. The van der Waals surface area contributed by atoms with Crippen LogP contribution in [-0.2, 0) is 16.0 Å². The Morgan fingerprint density at radius 1 is 1.58 bits per heavy atom. The molecule has 7 nitrogen and oxygen atoms in total. The first-order valence-corrected chi connectivity index (χ1v) is 5.77. The van der Waals surface area contributed by atoms with Crippen molar-refractivity contribution in [1.29, 1.82) is 0 Å². The van der Waals surface area contributed by atoms with Crippen molar-refractivity contribution >= 4 is 17.9 Å². The van der Waals surface area contributed by atoms with Crippen LogP contribution in [-0.4, -0.2) is 53.9 Å². The Morgan fingerprint density at radius 3 is 2.84 bits per heavy atom. The summed E-state index contributed by atoms with van der Waals surface area (Å²) in [5, 5.41) is 8.97. The Balaban J connectivity index is 2.11. The quantitative estimate of drug-likeness (QED) is 0.804. The Morgan fingerprint density at radius 2 is 2.32 bits per heavy atom. The molecule has 7 heteroatoms. The van der Waals surface area contributed by atoms with E-state index in [1.807, 2.05) is 31.1 Å². The summed E-state index contributed by atoms with van der Waals surface area (Å²) in [6.07, 6.45) is 0.751. The molecule has 1 aliphatic heterocycles. The summed E-state index contributed by atoms with van der Waals surface area (Å²) in [5.74, 6) is 0.284. The van der Waals surface area contributed by atoms with Gasteiger partial charge in [0.1, 0.15) is 11.9 Å². The van der Waals surface area contributed by atoms with Gasteiger partial charge in [0.15, 0.2) is 6.73 Å². The summed E-state index contributed by atoms with van der Waals surface area (Å²) < 4.78 is 4.75. The highest BCUT2D eigenvalue weighted by atomic mass is 16.6. The molecule has 0 aromatic carbocycles. The van der Waals surface area contributed by atoms with Gasteiger partial charge in [-0.2, -0.15) is 0 Å². The van der Waals surface area contributed by atoms with Crippen LogP contribution >= 0.6 is 0 Å². The van der Waals surface area contributed by atoms with Crippen molar-refractivity contribution in [3.05, 3.63) is 23.9 Å². The number of pyridine rings is 1. The molecular formula is C12H15N3O4. The van der Waals surface area contributed by atoms with Gasteiger partial charge < -0.3 is 14.7 Å². The van der Waals surface area contributed by atoms with E-state index >= 15 is 0 Å². The second kappa shape index (κ2) is 5.13. The van der Waals surface area contributed by atoms with Crippen molar-refractivity contribution in [3.63, 3.8) is 0 Å². The van der Waals surface area contributed by atoms with E-state index in [0.29, 0.717) is 0 Å². The van der Waals surface area contributed by atoms with Crippen molar-refractivity contribution in [2.24, 2.45) is 0 Å². The van der Waals surface area contributed by atoms with E-state index in [0.717, 1.165) is 16.3 Å². The number of esters is 1. The number of nitrogens with zero attached hydrogens (tertiary/aromatic N) is 3. The number of carbonyl (C=O) groups is 2. The predicted octanol–water partition coefficient (Wildman–Crippen LogP) is 0.553. The molecule has 1 aromatic heterocycles. The normalized spacial score (nSPS) is 18.3. The lowest BCUT2D eigenvalue weighted by Crippen LogP contribution is -2.38. The largest absolute Gasteiger partial charge is 0.465 e. The Hall–Kier alpha value is -2.31. The second-order valence-corrected chi connectivity index (χ2v) is 4.48. The van der Waals surface area contributed by atoms with Gasteiger partial charge in [0, 0.05) is 26.7 Å². The van der Waals surface area contributed by atoms with Crippen LogP contribution in [0.3, 0.4) is 0 Å². The lowest BCUT2D eigenvalue weighted by molar-refractivity contribution is -0.139. The molecule has 19 heavy (non-hydrogen) atoms. The molecule has 0 spiro atoms. The van der Waals surface area contributed by atoms with Crippen LogP contribution in [0.1, 0.15) is 5.56 Å². The zero-order chi connectivity index (χ0) is 14.0. The van der Waals surface area contributed by atoms with E-state index in [1.165, 1.54) is 0 Å². The number of cyclic esters (lactones) is 1. The highest BCUT2D eigenvalue weighted by molar-refractivity contribution is 5.83. The predicted molar refractivity (Wildman–Crippen MR) is 66.9 cm³/mol. The third kappa shape index (κ3) is 2.75. The summed E-state index contributed by atoms with van der Waals surface area (Å²) in [7, 11) is 3.75. The van der Waals surface area contributed by atoms with Gasteiger partial charge in [-0.3, -0.25) is 4.90 Å². The van der Waals surface area contributed by atoms with Crippen LogP contribution in [0.2, 0.25) is 0 Å². The van der Waals surface area contributed by atoms with Crippen molar-refractivity contribution in [2.75, 3.05) is 25.7 Å².